The van der Waals surface area contributed by atoms with Crippen LogP contribution in [-0.2, 0) is 0 Å². The number of benzene rings is 1. The number of allylic oxidation sites excluding steroid dienone is 6. The zero-order valence-corrected chi connectivity index (χ0v) is 17.2. The Balaban J connectivity index is 1.71. The van der Waals surface area contributed by atoms with Crippen molar-refractivity contribution >= 4 is 17.1 Å². The van der Waals surface area contributed by atoms with Gasteiger partial charge < -0.3 is 11.1 Å². The number of nitrogens with one attached hydrogen (secondary N) is 1. The van der Waals surface area contributed by atoms with Gasteiger partial charge in [-0.15, -0.1) is 10.2 Å². The predicted molar refractivity (Wildman–Crippen MR) is 120 cm³/mol. The molecule has 0 atom stereocenters. The molecule has 3 rings (SSSR count). The average molecular weight is 391 g/mol. The minimum atomic E-state index is -0.189. The monoisotopic (exact) mass is 390 g/mol. The molecule has 0 spiro atoms. The molecule has 0 radical (unpaired) electrons. The van der Waals surface area contributed by atoms with Crippen molar-refractivity contribution in [1.29, 1.82) is 0 Å². The summed E-state index contributed by atoms with van der Waals surface area (Å²) in [6.45, 7) is 10.8. The van der Waals surface area contributed by atoms with E-state index in [2.05, 4.69) is 35.9 Å². The van der Waals surface area contributed by atoms with Gasteiger partial charge in [0.25, 0.3) is 0 Å². The van der Waals surface area contributed by atoms with Crippen molar-refractivity contribution in [1.82, 2.24) is 10.2 Å². The van der Waals surface area contributed by atoms with E-state index in [9.17, 15) is 4.39 Å². The van der Waals surface area contributed by atoms with Crippen LogP contribution in [0.25, 0.3) is 16.8 Å². The maximum absolute atomic E-state index is 13.4. The lowest BCUT2D eigenvalue weighted by Gasteiger charge is -2.26. The van der Waals surface area contributed by atoms with Gasteiger partial charge in [0.15, 0.2) is 0 Å². The predicted octanol–water partition coefficient (Wildman–Crippen LogP) is 5.94. The van der Waals surface area contributed by atoms with Crippen LogP contribution < -0.4 is 11.1 Å². The molecule has 29 heavy (non-hydrogen) atoms. The molecule has 4 nitrogen and oxygen atoms in total. The fourth-order valence-electron chi connectivity index (χ4n) is 3.13. The van der Waals surface area contributed by atoms with Gasteiger partial charge in [0.2, 0.25) is 0 Å². The summed E-state index contributed by atoms with van der Waals surface area (Å²) in [5.74, 6) is 0.566. The number of nitrogens with zero attached hydrogens (tertiary/aromatic N) is 2. The highest BCUT2D eigenvalue weighted by Crippen LogP contribution is 2.30. The second-order valence-electron chi connectivity index (χ2n) is 7.97. The summed E-state index contributed by atoms with van der Waals surface area (Å²) in [4.78, 5) is 0. The highest BCUT2D eigenvalue weighted by atomic mass is 19.1. The lowest BCUT2D eigenvalue weighted by atomic mass is 9.83. The van der Waals surface area contributed by atoms with Gasteiger partial charge in [-0.1, -0.05) is 44.7 Å². The van der Waals surface area contributed by atoms with E-state index in [0.29, 0.717) is 24.5 Å². The van der Waals surface area contributed by atoms with Crippen molar-refractivity contribution in [3.05, 3.63) is 78.2 Å². The Bertz CT molecular complexity index is 998. The second-order valence-corrected chi connectivity index (χ2v) is 7.97. The largest absolute Gasteiger partial charge is 0.398 e. The molecule has 0 unspecified atom stereocenters. The smallest absolute Gasteiger partial charge is 0.148 e. The molecular formula is C24H27FN4. The summed E-state index contributed by atoms with van der Waals surface area (Å²) in [7, 11) is 0. The first-order chi connectivity index (χ1) is 13.8. The van der Waals surface area contributed by atoms with E-state index in [1.807, 2.05) is 55.5 Å². The SMILES string of the molecule is C=C(C)c1cc(-c2ccc(NCC(C)(C)C3=CC=C(F)CC=C3)nn2)ccc1N. The average Bonchev–Trinajstić information content (AvgIpc) is 2.92. The summed E-state index contributed by atoms with van der Waals surface area (Å²) in [6, 6.07) is 9.61. The number of nitrogens with two attached hydrogens (primary N) is 1. The Morgan fingerprint density at radius 2 is 2.00 bits per heavy atom. The summed E-state index contributed by atoms with van der Waals surface area (Å²) in [6.07, 6.45) is 7.56. The quantitative estimate of drug-likeness (QED) is 0.600. The Morgan fingerprint density at radius 3 is 2.69 bits per heavy atom. The van der Waals surface area contributed by atoms with Crippen molar-refractivity contribution in [3.63, 3.8) is 0 Å². The van der Waals surface area contributed by atoms with Gasteiger partial charge in [-0.2, -0.15) is 0 Å². The molecule has 0 bridgehead atoms. The van der Waals surface area contributed by atoms with Crippen LogP contribution in [0.3, 0.4) is 0 Å². The molecule has 150 valence electrons. The molecule has 1 aromatic heterocycles. The van der Waals surface area contributed by atoms with Gasteiger partial charge in [-0.3, -0.25) is 0 Å². The Morgan fingerprint density at radius 1 is 1.21 bits per heavy atom. The highest BCUT2D eigenvalue weighted by molar-refractivity contribution is 5.77. The Labute approximate surface area is 171 Å². The fourth-order valence-corrected chi connectivity index (χ4v) is 3.13. The van der Waals surface area contributed by atoms with Crippen molar-refractivity contribution in [2.75, 3.05) is 17.6 Å². The number of hydrogen-bond donors (Lipinski definition) is 2. The number of halogens is 1. The molecule has 1 heterocycles. The molecule has 1 aliphatic rings. The van der Waals surface area contributed by atoms with Crippen LogP contribution in [0, 0.1) is 5.41 Å². The van der Waals surface area contributed by atoms with Crippen molar-refractivity contribution in [3.8, 4) is 11.3 Å². The third-order valence-electron chi connectivity index (χ3n) is 5.02. The lowest BCUT2D eigenvalue weighted by Crippen LogP contribution is -2.25. The van der Waals surface area contributed by atoms with E-state index in [1.165, 1.54) is 6.08 Å². The zero-order valence-electron chi connectivity index (χ0n) is 17.2. The first kappa shape index (κ1) is 20.5. The number of hydrogen-bond acceptors (Lipinski definition) is 4. The maximum atomic E-state index is 13.4. The van der Waals surface area contributed by atoms with Crippen LogP contribution in [0.2, 0.25) is 0 Å². The first-order valence-corrected chi connectivity index (χ1v) is 9.63. The zero-order chi connectivity index (χ0) is 21.0. The van der Waals surface area contributed by atoms with E-state index in [4.69, 9.17) is 5.73 Å². The minimum Gasteiger partial charge on any atom is -0.398 e. The molecule has 0 saturated heterocycles. The molecule has 0 saturated carbocycles. The van der Waals surface area contributed by atoms with Gasteiger partial charge in [0.1, 0.15) is 11.6 Å². The van der Waals surface area contributed by atoms with E-state index < -0.39 is 0 Å². The van der Waals surface area contributed by atoms with Gasteiger partial charge in [0, 0.05) is 35.2 Å². The molecule has 0 fully saturated rings. The van der Waals surface area contributed by atoms with Crippen molar-refractivity contribution < 1.29 is 4.39 Å². The van der Waals surface area contributed by atoms with Crippen molar-refractivity contribution in [2.45, 2.75) is 27.2 Å². The van der Waals surface area contributed by atoms with Crippen LogP contribution in [0.4, 0.5) is 15.9 Å². The molecule has 3 N–H and O–H groups in total. The third-order valence-corrected chi connectivity index (χ3v) is 5.02. The van der Waals surface area contributed by atoms with E-state index in [1.54, 1.807) is 0 Å². The van der Waals surface area contributed by atoms with Gasteiger partial charge in [-0.25, -0.2) is 4.39 Å². The Kier molecular flexibility index (Phi) is 5.97. The molecule has 1 aromatic carbocycles. The molecule has 1 aliphatic carbocycles. The van der Waals surface area contributed by atoms with Gasteiger partial charge in [0.05, 0.1) is 5.69 Å². The third kappa shape index (κ3) is 4.99. The molecule has 0 aliphatic heterocycles. The van der Waals surface area contributed by atoms with Crippen LogP contribution in [0.1, 0.15) is 32.8 Å². The van der Waals surface area contributed by atoms with Gasteiger partial charge in [-0.05, 0) is 48.4 Å². The topological polar surface area (TPSA) is 63.8 Å². The fraction of sp³-hybridized carbons (Fsp3) is 0.250. The molecule has 5 heteroatoms. The van der Waals surface area contributed by atoms with Crippen LogP contribution in [0.15, 0.2) is 72.6 Å². The van der Waals surface area contributed by atoms with Crippen LogP contribution in [-0.4, -0.2) is 16.7 Å². The van der Waals surface area contributed by atoms with Crippen LogP contribution in [0.5, 0.6) is 0 Å². The maximum Gasteiger partial charge on any atom is 0.148 e. The number of nitrogen functional groups attached to an aromatic ring is 1. The van der Waals surface area contributed by atoms with Gasteiger partial charge >= 0.3 is 0 Å². The van der Waals surface area contributed by atoms with E-state index in [0.717, 1.165) is 28.0 Å². The number of rotatable bonds is 6. The lowest BCUT2D eigenvalue weighted by molar-refractivity contribution is 0.487. The number of anilines is 2. The second kappa shape index (κ2) is 8.43. The normalized spacial score (nSPS) is 14.1. The molecule has 0 amide bonds. The van der Waals surface area contributed by atoms with E-state index >= 15 is 0 Å². The molecule has 2 aromatic rings. The highest BCUT2D eigenvalue weighted by Gasteiger charge is 2.22. The number of aromatic nitrogens is 2. The standard InChI is InChI=1S/C24H27FN4/c1-16(2)20-14-17(8-11-21(20)26)22-12-13-23(29-28-22)27-15-24(3,4)18-6-5-7-19(25)10-9-18/h5-6,8-14H,1,7,15,26H2,2-4H3,(H,27,29). The summed E-state index contributed by atoms with van der Waals surface area (Å²) in [5, 5.41) is 12.0. The van der Waals surface area contributed by atoms with Crippen LogP contribution >= 0.6 is 0 Å². The summed E-state index contributed by atoms with van der Waals surface area (Å²) in [5.41, 5.74) is 11.1. The molecular weight excluding hydrogens is 363 g/mol. The summed E-state index contributed by atoms with van der Waals surface area (Å²) < 4.78 is 13.4. The van der Waals surface area contributed by atoms with Crippen molar-refractivity contribution in [2.24, 2.45) is 5.41 Å². The first-order valence-electron chi connectivity index (χ1n) is 9.63. The van der Waals surface area contributed by atoms with E-state index in [-0.39, 0.29) is 11.2 Å². The Hall–Kier alpha value is -3.21. The summed E-state index contributed by atoms with van der Waals surface area (Å²) >= 11 is 0. The minimum absolute atomic E-state index is 0.126.